The van der Waals surface area contributed by atoms with Gasteiger partial charge in [-0.15, -0.1) is 0 Å². The maximum absolute atomic E-state index is 9.92. The van der Waals surface area contributed by atoms with Crippen molar-refractivity contribution in [3.63, 3.8) is 0 Å². The minimum Gasteiger partial charge on any atom is -0.478 e. The van der Waals surface area contributed by atoms with Crippen LogP contribution in [0.4, 0.5) is 0 Å². The number of carboxylic acid groups (broad SMARTS) is 1. The normalized spacial score (nSPS) is 11.1. The Balaban J connectivity index is 0. The van der Waals surface area contributed by atoms with Crippen LogP contribution in [0.2, 0.25) is 0 Å². The van der Waals surface area contributed by atoms with Gasteiger partial charge >= 0.3 is 23.9 Å². The average Bonchev–Trinajstić information content (AvgIpc) is 2.73. The van der Waals surface area contributed by atoms with E-state index in [1.807, 2.05) is 0 Å². The van der Waals surface area contributed by atoms with Gasteiger partial charge in [-0.05, 0) is 6.42 Å². The Kier molecular flexibility index (Phi) is 11.2. The molecule has 0 saturated heterocycles. The number of aliphatic carboxylic acids is 1. The maximum atomic E-state index is 9.92. The fraction of sp³-hybridized carbons (Fsp3) is 0.231. The zero-order valence-electron chi connectivity index (χ0n) is 11.3. The fourth-order valence-electron chi connectivity index (χ4n) is 0.572. The molecule has 0 fully saturated rings. The van der Waals surface area contributed by atoms with Gasteiger partial charge < -0.3 is 14.6 Å². The SMILES string of the molecule is C=C(CC)C(=O)O.C=COC(C)=O.O=C1C=CC(=O)O1. The Bertz CT molecular complexity index is 416. The monoisotopic (exact) mass is 284 g/mol. The molecule has 0 saturated carbocycles. The number of carboxylic acids is 1. The van der Waals surface area contributed by atoms with E-state index in [-0.39, 0.29) is 11.5 Å². The molecule has 0 bridgehead atoms. The number of carbonyl (C=O) groups is 4. The summed E-state index contributed by atoms with van der Waals surface area (Å²) in [6.45, 7) is 9.51. The van der Waals surface area contributed by atoms with Gasteiger partial charge in [0, 0.05) is 24.6 Å². The van der Waals surface area contributed by atoms with Crippen molar-refractivity contribution in [1.29, 1.82) is 0 Å². The Morgan fingerprint density at radius 2 is 1.80 bits per heavy atom. The van der Waals surface area contributed by atoms with Crippen molar-refractivity contribution >= 4 is 23.9 Å². The van der Waals surface area contributed by atoms with Crippen molar-refractivity contribution in [3.05, 3.63) is 37.1 Å². The van der Waals surface area contributed by atoms with Gasteiger partial charge in [-0.3, -0.25) is 4.79 Å². The van der Waals surface area contributed by atoms with Crippen molar-refractivity contribution < 1.29 is 33.8 Å². The molecule has 1 rings (SSSR count). The van der Waals surface area contributed by atoms with E-state index >= 15 is 0 Å². The minimum absolute atomic E-state index is 0.264. The predicted octanol–water partition coefficient (Wildman–Crippen LogP) is 1.36. The summed E-state index contributed by atoms with van der Waals surface area (Å²) in [7, 11) is 0. The number of hydrogen-bond acceptors (Lipinski definition) is 6. The third-order valence-corrected chi connectivity index (χ3v) is 1.54. The number of cyclic esters (lactones) is 2. The van der Waals surface area contributed by atoms with Gasteiger partial charge in [0.15, 0.2) is 0 Å². The van der Waals surface area contributed by atoms with Crippen LogP contribution >= 0.6 is 0 Å². The molecular weight excluding hydrogens is 268 g/mol. The van der Waals surface area contributed by atoms with Crippen molar-refractivity contribution in [2.24, 2.45) is 0 Å². The second-order valence-corrected chi connectivity index (χ2v) is 3.11. The first-order chi connectivity index (χ1) is 9.24. The summed E-state index contributed by atoms with van der Waals surface area (Å²) in [5.74, 6) is -2.39. The van der Waals surface area contributed by atoms with Crippen LogP contribution in [-0.2, 0) is 28.7 Å². The van der Waals surface area contributed by atoms with Crippen LogP contribution in [0.25, 0.3) is 0 Å². The second-order valence-electron chi connectivity index (χ2n) is 3.11. The number of carbonyl (C=O) groups excluding carboxylic acids is 3. The molecule has 0 unspecified atom stereocenters. The lowest BCUT2D eigenvalue weighted by atomic mass is 10.2. The van der Waals surface area contributed by atoms with E-state index < -0.39 is 17.9 Å². The predicted molar refractivity (Wildman–Crippen MR) is 69.3 cm³/mol. The maximum Gasteiger partial charge on any atom is 0.338 e. The average molecular weight is 284 g/mol. The number of esters is 3. The van der Waals surface area contributed by atoms with Crippen LogP contribution in [0, 0.1) is 0 Å². The standard InChI is InChI=1S/C5H8O2.C4H2O3.C4H6O2/c1-3-4(2)5(6)7;5-3-1-2-4(6)7-3;1-3-6-4(2)5/h2-3H2,1H3,(H,6,7);1-2H;3H,1H2,2H3. The van der Waals surface area contributed by atoms with E-state index in [4.69, 9.17) is 5.11 Å². The quantitative estimate of drug-likeness (QED) is 0.361. The Labute approximate surface area is 116 Å². The van der Waals surface area contributed by atoms with E-state index in [2.05, 4.69) is 22.6 Å². The summed E-state index contributed by atoms with van der Waals surface area (Å²) in [4.78, 5) is 39.4. The van der Waals surface area contributed by atoms with Crippen molar-refractivity contribution in [3.8, 4) is 0 Å². The summed E-state index contributed by atoms with van der Waals surface area (Å²) >= 11 is 0. The first-order valence-electron chi connectivity index (χ1n) is 5.37. The fourth-order valence-corrected chi connectivity index (χ4v) is 0.572. The molecule has 1 N–H and O–H groups in total. The van der Waals surface area contributed by atoms with Crippen LogP contribution in [-0.4, -0.2) is 29.0 Å². The molecular formula is C13H16O7. The molecule has 0 aromatic rings. The third kappa shape index (κ3) is 13.4. The molecule has 0 spiro atoms. The smallest absolute Gasteiger partial charge is 0.338 e. The lowest BCUT2D eigenvalue weighted by Crippen LogP contribution is -1.96. The highest BCUT2D eigenvalue weighted by Crippen LogP contribution is 1.93. The van der Waals surface area contributed by atoms with E-state index in [1.54, 1.807) is 6.92 Å². The molecule has 110 valence electrons. The molecule has 20 heavy (non-hydrogen) atoms. The van der Waals surface area contributed by atoms with Gasteiger partial charge in [0.1, 0.15) is 0 Å². The highest BCUT2D eigenvalue weighted by atomic mass is 16.6. The molecule has 0 aliphatic carbocycles. The van der Waals surface area contributed by atoms with Gasteiger partial charge in [0.05, 0.1) is 6.26 Å². The summed E-state index contributed by atoms with van der Waals surface area (Å²) in [6, 6.07) is 0. The molecule has 0 atom stereocenters. The van der Waals surface area contributed by atoms with Gasteiger partial charge in [-0.2, -0.15) is 0 Å². The Morgan fingerprint density at radius 3 is 1.85 bits per heavy atom. The van der Waals surface area contributed by atoms with Gasteiger partial charge in [0.25, 0.3) is 0 Å². The highest BCUT2D eigenvalue weighted by Gasteiger charge is 2.10. The Hall–Kier alpha value is -2.70. The van der Waals surface area contributed by atoms with Crippen molar-refractivity contribution in [2.75, 3.05) is 0 Å². The van der Waals surface area contributed by atoms with E-state index in [0.717, 1.165) is 18.4 Å². The Morgan fingerprint density at radius 1 is 1.35 bits per heavy atom. The van der Waals surface area contributed by atoms with Crippen LogP contribution in [0.1, 0.15) is 20.3 Å². The van der Waals surface area contributed by atoms with Crippen LogP contribution in [0.15, 0.2) is 37.1 Å². The summed E-state index contributed by atoms with van der Waals surface area (Å²) in [5, 5.41) is 8.08. The molecule has 1 aliphatic heterocycles. The third-order valence-electron chi connectivity index (χ3n) is 1.54. The molecule has 1 aliphatic rings. The zero-order chi connectivity index (χ0) is 16.1. The molecule has 0 amide bonds. The number of hydrogen-bond donors (Lipinski definition) is 1. The van der Waals surface area contributed by atoms with Gasteiger partial charge in [-0.1, -0.05) is 20.1 Å². The molecule has 7 heteroatoms. The topological polar surface area (TPSA) is 107 Å². The first-order valence-corrected chi connectivity index (χ1v) is 5.37. The molecule has 7 nitrogen and oxygen atoms in total. The summed E-state index contributed by atoms with van der Waals surface area (Å²) < 4.78 is 8.14. The lowest BCUT2D eigenvalue weighted by Gasteiger charge is -1.87. The molecule has 0 aromatic heterocycles. The van der Waals surface area contributed by atoms with Crippen LogP contribution in [0.3, 0.4) is 0 Å². The van der Waals surface area contributed by atoms with E-state index in [9.17, 15) is 19.2 Å². The van der Waals surface area contributed by atoms with Crippen LogP contribution < -0.4 is 0 Å². The van der Waals surface area contributed by atoms with Gasteiger partial charge in [0.2, 0.25) is 0 Å². The highest BCUT2D eigenvalue weighted by molar-refractivity contribution is 6.04. The van der Waals surface area contributed by atoms with Crippen molar-refractivity contribution in [2.45, 2.75) is 20.3 Å². The summed E-state index contributed by atoms with van der Waals surface area (Å²) in [6.07, 6.45) is 3.79. The minimum atomic E-state index is -0.900. The number of rotatable bonds is 3. The summed E-state index contributed by atoms with van der Waals surface area (Å²) in [5.41, 5.74) is 0.264. The zero-order valence-corrected chi connectivity index (χ0v) is 11.3. The first kappa shape index (κ1) is 19.6. The lowest BCUT2D eigenvalue weighted by molar-refractivity contribution is -0.150. The van der Waals surface area contributed by atoms with Crippen LogP contribution in [0.5, 0.6) is 0 Å². The molecule has 1 heterocycles. The molecule has 0 aromatic carbocycles. The number of ether oxygens (including phenoxy) is 2. The van der Waals surface area contributed by atoms with Gasteiger partial charge in [-0.25, -0.2) is 14.4 Å². The largest absolute Gasteiger partial charge is 0.478 e. The van der Waals surface area contributed by atoms with Crippen molar-refractivity contribution in [1.82, 2.24) is 0 Å². The molecule has 0 radical (unpaired) electrons. The van der Waals surface area contributed by atoms with E-state index in [0.29, 0.717) is 6.42 Å². The second kappa shape index (κ2) is 11.4. The van der Waals surface area contributed by atoms with E-state index in [1.165, 1.54) is 6.92 Å².